The SMILES string of the molecule is NC(=O)c1ccccc1C1CCN(c2ccc(C=O)cc2)CC1. The highest BCUT2D eigenvalue weighted by Crippen LogP contribution is 2.32. The minimum atomic E-state index is -0.354. The van der Waals surface area contributed by atoms with Crippen molar-refractivity contribution in [2.75, 3.05) is 18.0 Å². The second kappa shape index (κ2) is 6.65. The third-order valence-corrected chi connectivity index (χ3v) is 4.56. The minimum absolute atomic E-state index is 0.354. The maximum atomic E-state index is 11.6. The van der Waals surface area contributed by atoms with Crippen LogP contribution in [-0.4, -0.2) is 25.3 Å². The largest absolute Gasteiger partial charge is 0.371 e. The van der Waals surface area contributed by atoms with Crippen LogP contribution >= 0.6 is 0 Å². The van der Waals surface area contributed by atoms with Gasteiger partial charge < -0.3 is 10.6 Å². The maximum Gasteiger partial charge on any atom is 0.248 e. The van der Waals surface area contributed by atoms with Crippen LogP contribution in [0.15, 0.2) is 48.5 Å². The minimum Gasteiger partial charge on any atom is -0.371 e. The number of rotatable bonds is 4. The molecule has 4 nitrogen and oxygen atoms in total. The fourth-order valence-electron chi connectivity index (χ4n) is 3.29. The molecule has 0 atom stereocenters. The summed E-state index contributed by atoms with van der Waals surface area (Å²) in [5, 5.41) is 0. The normalized spacial score (nSPS) is 15.4. The number of carbonyl (C=O) groups is 2. The number of aldehydes is 1. The Labute approximate surface area is 135 Å². The van der Waals surface area contributed by atoms with Gasteiger partial charge in [-0.25, -0.2) is 0 Å². The fraction of sp³-hybridized carbons (Fsp3) is 0.263. The maximum absolute atomic E-state index is 11.6. The molecule has 23 heavy (non-hydrogen) atoms. The predicted octanol–water partition coefficient (Wildman–Crippen LogP) is 2.98. The van der Waals surface area contributed by atoms with Crippen LogP contribution in [-0.2, 0) is 0 Å². The van der Waals surface area contributed by atoms with E-state index in [1.165, 1.54) is 0 Å². The Balaban J connectivity index is 1.71. The molecule has 0 unspecified atom stereocenters. The van der Waals surface area contributed by atoms with E-state index in [1.807, 2.05) is 48.5 Å². The summed E-state index contributed by atoms with van der Waals surface area (Å²) in [6.07, 6.45) is 2.83. The third-order valence-electron chi connectivity index (χ3n) is 4.56. The number of amides is 1. The molecule has 1 fully saturated rings. The second-order valence-corrected chi connectivity index (χ2v) is 5.92. The van der Waals surface area contributed by atoms with Gasteiger partial charge >= 0.3 is 0 Å². The number of nitrogens with zero attached hydrogens (tertiary/aromatic N) is 1. The lowest BCUT2D eigenvalue weighted by Gasteiger charge is -2.34. The molecule has 3 rings (SSSR count). The zero-order chi connectivity index (χ0) is 16.2. The molecule has 1 heterocycles. The summed E-state index contributed by atoms with van der Waals surface area (Å²) in [5.74, 6) is 0.0108. The summed E-state index contributed by atoms with van der Waals surface area (Å²) >= 11 is 0. The Kier molecular flexibility index (Phi) is 4.42. The van der Waals surface area contributed by atoms with Gasteiger partial charge in [-0.2, -0.15) is 0 Å². The van der Waals surface area contributed by atoms with Crippen LogP contribution in [0.3, 0.4) is 0 Å². The topological polar surface area (TPSA) is 63.4 Å². The molecule has 1 aliphatic rings. The van der Waals surface area contributed by atoms with Gasteiger partial charge in [0.05, 0.1) is 0 Å². The van der Waals surface area contributed by atoms with Crippen molar-refractivity contribution in [3.8, 4) is 0 Å². The molecule has 0 saturated carbocycles. The first-order valence-electron chi connectivity index (χ1n) is 7.88. The molecule has 0 aliphatic carbocycles. The van der Waals surface area contributed by atoms with E-state index in [2.05, 4.69) is 4.90 Å². The van der Waals surface area contributed by atoms with Gasteiger partial charge in [-0.3, -0.25) is 9.59 Å². The second-order valence-electron chi connectivity index (χ2n) is 5.92. The molecule has 2 N–H and O–H groups in total. The van der Waals surface area contributed by atoms with Crippen LogP contribution in [0, 0.1) is 0 Å². The molecule has 2 aromatic rings. The van der Waals surface area contributed by atoms with Gasteiger partial charge in [-0.15, -0.1) is 0 Å². The monoisotopic (exact) mass is 308 g/mol. The van der Waals surface area contributed by atoms with E-state index in [-0.39, 0.29) is 5.91 Å². The third kappa shape index (κ3) is 3.26. The summed E-state index contributed by atoms with van der Waals surface area (Å²) in [7, 11) is 0. The molecule has 1 amide bonds. The van der Waals surface area contributed by atoms with Gasteiger partial charge in [-0.05, 0) is 54.7 Å². The predicted molar refractivity (Wildman–Crippen MR) is 91.0 cm³/mol. The molecule has 0 bridgehead atoms. The molecule has 1 saturated heterocycles. The smallest absolute Gasteiger partial charge is 0.248 e. The van der Waals surface area contributed by atoms with E-state index >= 15 is 0 Å². The van der Waals surface area contributed by atoms with Gasteiger partial charge in [0, 0.05) is 29.9 Å². The van der Waals surface area contributed by atoms with E-state index in [4.69, 9.17) is 5.73 Å². The zero-order valence-electron chi connectivity index (χ0n) is 12.9. The standard InChI is InChI=1S/C19H20N2O2/c20-19(23)18-4-2-1-3-17(18)15-9-11-21(12-10-15)16-7-5-14(13-22)6-8-16/h1-8,13,15H,9-12H2,(H2,20,23). The van der Waals surface area contributed by atoms with Crippen LogP contribution in [0.4, 0.5) is 5.69 Å². The van der Waals surface area contributed by atoms with Gasteiger partial charge in [0.15, 0.2) is 0 Å². The molecule has 0 radical (unpaired) electrons. The first-order chi connectivity index (χ1) is 11.2. The molecular weight excluding hydrogens is 288 g/mol. The number of hydrogen-bond donors (Lipinski definition) is 1. The zero-order valence-corrected chi connectivity index (χ0v) is 12.9. The van der Waals surface area contributed by atoms with E-state index in [1.54, 1.807) is 0 Å². The van der Waals surface area contributed by atoms with Crippen molar-refractivity contribution in [3.05, 3.63) is 65.2 Å². The summed E-state index contributed by atoms with van der Waals surface area (Å²) < 4.78 is 0. The number of anilines is 1. The molecule has 118 valence electrons. The lowest BCUT2D eigenvalue weighted by atomic mass is 9.86. The quantitative estimate of drug-likeness (QED) is 0.883. The first kappa shape index (κ1) is 15.3. The van der Waals surface area contributed by atoms with Gasteiger partial charge in [0.1, 0.15) is 6.29 Å². The Morgan fingerprint density at radius 2 is 1.70 bits per heavy atom. The lowest BCUT2D eigenvalue weighted by Crippen LogP contribution is -2.33. The van der Waals surface area contributed by atoms with Crippen molar-refractivity contribution in [2.24, 2.45) is 5.73 Å². The van der Waals surface area contributed by atoms with Crippen LogP contribution in [0.1, 0.15) is 45.0 Å². The number of hydrogen-bond acceptors (Lipinski definition) is 3. The molecular formula is C19H20N2O2. The van der Waals surface area contributed by atoms with Crippen LogP contribution in [0.2, 0.25) is 0 Å². The van der Waals surface area contributed by atoms with E-state index in [0.29, 0.717) is 17.0 Å². The summed E-state index contributed by atoms with van der Waals surface area (Å²) in [5.41, 5.74) is 9.02. The van der Waals surface area contributed by atoms with Crippen molar-refractivity contribution < 1.29 is 9.59 Å². The molecule has 4 heteroatoms. The van der Waals surface area contributed by atoms with Crippen LogP contribution in [0.5, 0.6) is 0 Å². The van der Waals surface area contributed by atoms with Crippen molar-refractivity contribution >= 4 is 17.9 Å². The first-order valence-corrected chi connectivity index (χ1v) is 7.88. The molecule has 0 aromatic heterocycles. The Morgan fingerprint density at radius 1 is 1.04 bits per heavy atom. The van der Waals surface area contributed by atoms with E-state index in [9.17, 15) is 9.59 Å². The Bertz CT molecular complexity index is 702. The van der Waals surface area contributed by atoms with E-state index < -0.39 is 0 Å². The van der Waals surface area contributed by atoms with Gasteiger partial charge in [0.2, 0.25) is 5.91 Å². The van der Waals surface area contributed by atoms with Gasteiger partial charge in [0.25, 0.3) is 0 Å². The van der Waals surface area contributed by atoms with Crippen LogP contribution < -0.4 is 10.6 Å². The molecule has 0 spiro atoms. The summed E-state index contributed by atoms with van der Waals surface area (Å²) in [6, 6.07) is 15.3. The van der Waals surface area contributed by atoms with Crippen molar-refractivity contribution in [1.29, 1.82) is 0 Å². The average molecular weight is 308 g/mol. The lowest BCUT2D eigenvalue weighted by molar-refractivity contribution is 0.0998. The van der Waals surface area contributed by atoms with Crippen molar-refractivity contribution in [1.82, 2.24) is 0 Å². The van der Waals surface area contributed by atoms with E-state index in [0.717, 1.165) is 43.5 Å². The molecule has 1 aliphatic heterocycles. The number of nitrogens with two attached hydrogens (primary N) is 1. The highest BCUT2D eigenvalue weighted by atomic mass is 16.1. The fourth-order valence-corrected chi connectivity index (χ4v) is 3.29. The Hall–Kier alpha value is -2.62. The van der Waals surface area contributed by atoms with Crippen LogP contribution in [0.25, 0.3) is 0 Å². The molecule has 2 aromatic carbocycles. The Morgan fingerprint density at radius 3 is 2.30 bits per heavy atom. The average Bonchev–Trinajstić information content (AvgIpc) is 2.62. The van der Waals surface area contributed by atoms with Crippen molar-refractivity contribution in [2.45, 2.75) is 18.8 Å². The summed E-state index contributed by atoms with van der Waals surface area (Å²) in [6.45, 7) is 1.86. The van der Waals surface area contributed by atoms with Crippen molar-refractivity contribution in [3.63, 3.8) is 0 Å². The number of benzene rings is 2. The van der Waals surface area contributed by atoms with Gasteiger partial charge in [-0.1, -0.05) is 18.2 Å². The number of primary amides is 1. The summed E-state index contributed by atoms with van der Waals surface area (Å²) in [4.78, 5) is 24.6. The highest BCUT2D eigenvalue weighted by Gasteiger charge is 2.23. The number of piperidine rings is 1. The number of carbonyl (C=O) groups excluding carboxylic acids is 2. The highest BCUT2D eigenvalue weighted by molar-refractivity contribution is 5.94.